The molecule has 1 atom stereocenters. The SMILES string of the molecule is O=S(=O)(CC1CCCCC1)N1CCC(CCO)C1. The molecule has 0 aromatic rings. The molecule has 0 radical (unpaired) electrons. The van der Waals surface area contributed by atoms with Gasteiger partial charge in [-0.05, 0) is 37.5 Å². The van der Waals surface area contributed by atoms with E-state index in [-0.39, 0.29) is 6.61 Å². The van der Waals surface area contributed by atoms with Gasteiger partial charge in [0.25, 0.3) is 0 Å². The van der Waals surface area contributed by atoms with Crippen LogP contribution in [0.4, 0.5) is 0 Å². The number of sulfonamides is 1. The summed E-state index contributed by atoms with van der Waals surface area (Å²) < 4.78 is 26.3. The van der Waals surface area contributed by atoms with Gasteiger partial charge >= 0.3 is 0 Å². The summed E-state index contributed by atoms with van der Waals surface area (Å²) in [4.78, 5) is 0. The van der Waals surface area contributed by atoms with Crippen molar-refractivity contribution >= 4 is 10.0 Å². The number of aliphatic hydroxyl groups excluding tert-OH is 1. The fourth-order valence-corrected chi connectivity index (χ4v) is 5.19. The highest BCUT2D eigenvalue weighted by molar-refractivity contribution is 7.89. The Balaban J connectivity index is 1.86. The summed E-state index contributed by atoms with van der Waals surface area (Å²) in [5.41, 5.74) is 0. The standard InChI is InChI=1S/C13H25NO3S/c15-9-7-12-6-8-14(10-12)18(16,17)11-13-4-2-1-3-5-13/h12-13,15H,1-11H2. The normalized spacial score (nSPS) is 27.7. The molecule has 1 unspecified atom stereocenters. The van der Waals surface area contributed by atoms with Crippen LogP contribution in [-0.4, -0.2) is 43.3 Å². The van der Waals surface area contributed by atoms with Crippen molar-refractivity contribution in [2.24, 2.45) is 11.8 Å². The van der Waals surface area contributed by atoms with Gasteiger partial charge in [0.15, 0.2) is 0 Å². The van der Waals surface area contributed by atoms with Gasteiger partial charge < -0.3 is 5.11 Å². The van der Waals surface area contributed by atoms with Crippen LogP contribution in [0.1, 0.15) is 44.9 Å². The van der Waals surface area contributed by atoms with E-state index in [1.54, 1.807) is 4.31 Å². The van der Waals surface area contributed by atoms with Crippen LogP contribution >= 0.6 is 0 Å². The summed E-state index contributed by atoms with van der Waals surface area (Å²) in [6.07, 6.45) is 7.43. The van der Waals surface area contributed by atoms with E-state index in [2.05, 4.69) is 0 Å². The van der Waals surface area contributed by atoms with Crippen LogP contribution in [0.3, 0.4) is 0 Å². The van der Waals surface area contributed by atoms with Crippen molar-refractivity contribution in [3.05, 3.63) is 0 Å². The van der Waals surface area contributed by atoms with Gasteiger partial charge in [0.2, 0.25) is 10.0 Å². The second kappa shape index (κ2) is 6.35. The minimum atomic E-state index is -3.06. The fraction of sp³-hybridized carbons (Fsp3) is 1.00. The maximum absolute atomic E-state index is 12.3. The second-order valence-corrected chi connectivity index (χ2v) is 7.82. The lowest BCUT2D eigenvalue weighted by molar-refractivity contribution is 0.259. The first-order chi connectivity index (χ1) is 8.62. The van der Waals surface area contributed by atoms with Gasteiger partial charge in [-0.2, -0.15) is 0 Å². The van der Waals surface area contributed by atoms with Gasteiger partial charge in [-0.1, -0.05) is 19.3 Å². The number of hydrogen-bond donors (Lipinski definition) is 1. The quantitative estimate of drug-likeness (QED) is 0.829. The Labute approximate surface area is 110 Å². The second-order valence-electron chi connectivity index (χ2n) is 5.81. The topological polar surface area (TPSA) is 57.6 Å². The first kappa shape index (κ1) is 14.3. The monoisotopic (exact) mass is 275 g/mol. The highest BCUT2D eigenvalue weighted by Crippen LogP contribution is 2.28. The van der Waals surface area contributed by atoms with Crippen LogP contribution < -0.4 is 0 Å². The van der Waals surface area contributed by atoms with E-state index < -0.39 is 10.0 Å². The van der Waals surface area contributed by atoms with Gasteiger partial charge in [0.1, 0.15) is 0 Å². The van der Waals surface area contributed by atoms with Crippen molar-refractivity contribution in [3.63, 3.8) is 0 Å². The van der Waals surface area contributed by atoms with Gasteiger partial charge in [-0.3, -0.25) is 0 Å². The summed E-state index contributed by atoms with van der Waals surface area (Å²) in [5, 5.41) is 8.91. The van der Waals surface area contributed by atoms with Crippen LogP contribution in [-0.2, 0) is 10.0 Å². The van der Waals surface area contributed by atoms with Gasteiger partial charge in [0.05, 0.1) is 5.75 Å². The molecular weight excluding hydrogens is 250 g/mol. The van der Waals surface area contributed by atoms with Crippen molar-refractivity contribution in [2.45, 2.75) is 44.9 Å². The van der Waals surface area contributed by atoms with Crippen LogP contribution in [0.5, 0.6) is 0 Å². The zero-order chi connectivity index (χ0) is 13.0. The predicted molar refractivity (Wildman–Crippen MR) is 71.7 cm³/mol. The molecule has 2 rings (SSSR count). The van der Waals surface area contributed by atoms with E-state index in [0.29, 0.717) is 30.7 Å². The highest BCUT2D eigenvalue weighted by Gasteiger charge is 2.32. The summed E-state index contributed by atoms with van der Waals surface area (Å²) in [5.74, 6) is 1.08. The van der Waals surface area contributed by atoms with Crippen LogP contribution in [0.25, 0.3) is 0 Å². The first-order valence-electron chi connectivity index (χ1n) is 7.20. The molecule has 0 amide bonds. The van der Waals surface area contributed by atoms with E-state index in [4.69, 9.17) is 5.11 Å². The van der Waals surface area contributed by atoms with E-state index in [9.17, 15) is 8.42 Å². The van der Waals surface area contributed by atoms with E-state index in [1.807, 2.05) is 0 Å². The van der Waals surface area contributed by atoms with Crippen LogP contribution in [0, 0.1) is 11.8 Å². The van der Waals surface area contributed by atoms with Crippen molar-refractivity contribution in [3.8, 4) is 0 Å². The Morgan fingerprint density at radius 3 is 2.44 bits per heavy atom. The molecule has 2 aliphatic rings. The number of nitrogens with zero attached hydrogens (tertiary/aromatic N) is 1. The largest absolute Gasteiger partial charge is 0.396 e. The molecule has 1 aliphatic carbocycles. The average molecular weight is 275 g/mol. The van der Waals surface area contributed by atoms with Crippen molar-refractivity contribution in [1.82, 2.24) is 4.31 Å². The maximum Gasteiger partial charge on any atom is 0.214 e. The van der Waals surface area contributed by atoms with Crippen molar-refractivity contribution in [2.75, 3.05) is 25.4 Å². The lowest BCUT2D eigenvalue weighted by atomic mass is 9.91. The molecule has 106 valence electrons. The molecule has 1 saturated heterocycles. The molecular formula is C13H25NO3S. The van der Waals surface area contributed by atoms with E-state index in [0.717, 1.165) is 25.7 Å². The molecule has 0 aromatic carbocycles. The number of aliphatic hydroxyl groups is 1. The molecule has 18 heavy (non-hydrogen) atoms. The third kappa shape index (κ3) is 3.68. The molecule has 0 bridgehead atoms. The molecule has 5 heteroatoms. The van der Waals surface area contributed by atoms with Gasteiger partial charge in [-0.15, -0.1) is 0 Å². The smallest absolute Gasteiger partial charge is 0.214 e. The third-order valence-electron chi connectivity index (χ3n) is 4.35. The average Bonchev–Trinajstić information content (AvgIpc) is 2.80. The summed E-state index contributed by atoms with van der Waals surface area (Å²) in [6, 6.07) is 0. The Bertz CT molecular complexity index is 349. The molecule has 2 fully saturated rings. The van der Waals surface area contributed by atoms with E-state index >= 15 is 0 Å². The first-order valence-corrected chi connectivity index (χ1v) is 8.81. The summed E-state index contributed by atoms with van der Waals surface area (Å²) in [6.45, 7) is 1.44. The van der Waals surface area contributed by atoms with Crippen LogP contribution in [0.2, 0.25) is 0 Å². The molecule has 0 aromatic heterocycles. The Hall–Kier alpha value is -0.130. The molecule has 1 heterocycles. The minimum Gasteiger partial charge on any atom is -0.396 e. The lowest BCUT2D eigenvalue weighted by Gasteiger charge is -2.24. The number of rotatable bonds is 5. The molecule has 0 spiro atoms. The maximum atomic E-state index is 12.3. The predicted octanol–water partition coefficient (Wildman–Crippen LogP) is 1.60. The molecule has 1 saturated carbocycles. The number of hydrogen-bond acceptors (Lipinski definition) is 3. The lowest BCUT2D eigenvalue weighted by Crippen LogP contribution is -2.34. The zero-order valence-electron chi connectivity index (χ0n) is 11.1. The zero-order valence-corrected chi connectivity index (χ0v) is 11.9. The molecule has 4 nitrogen and oxygen atoms in total. The third-order valence-corrected chi connectivity index (χ3v) is 6.36. The minimum absolute atomic E-state index is 0.168. The highest BCUT2D eigenvalue weighted by atomic mass is 32.2. The Morgan fingerprint density at radius 2 is 1.78 bits per heavy atom. The Morgan fingerprint density at radius 1 is 1.06 bits per heavy atom. The van der Waals surface area contributed by atoms with Gasteiger partial charge in [0, 0.05) is 19.7 Å². The van der Waals surface area contributed by atoms with Crippen molar-refractivity contribution in [1.29, 1.82) is 0 Å². The molecule has 1 N–H and O–H groups in total. The van der Waals surface area contributed by atoms with Crippen molar-refractivity contribution < 1.29 is 13.5 Å². The Kier molecular flexibility index (Phi) is 5.04. The summed E-state index contributed by atoms with van der Waals surface area (Å²) >= 11 is 0. The summed E-state index contributed by atoms with van der Waals surface area (Å²) in [7, 11) is -3.06. The fourth-order valence-electron chi connectivity index (χ4n) is 3.23. The molecule has 1 aliphatic heterocycles. The van der Waals surface area contributed by atoms with Gasteiger partial charge in [-0.25, -0.2) is 12.7 Å². The van der Waals surface area contributed by atoms with E-state index in [1.165, 1.54) is 19.3 Å². The van der Waals surface area contributed by atoms with Crippen LogP contribution in [0.15, 0.2) is 0 Å².